The second-order valence-electron chi connectivity index (χ2n) is 6.27. The second kappa shape index (κ2) is 6.55. The number of hydrogen-bond acceptors (Lipinski definition) is 5. The number of hydrogen-bond donors (Lipinski definition) is 1. The van der Waals surface area contributed by atoms with Crippen molar-refractivity contribution in [1.29, 1.82) is 0 Å². The molecule has 0 aliphatic carbocycles. The van der Waals surface area contributed by atoms with Crippen molar-refractivity contribution in [1.82, 2.24) is 19.6 Å². The van der Waals surface area contributed by atoms with Crippen molar-refractivity contribution in [2.45, 2.75) is 20.8 Å². The van der Waals surface area contributed by atoms with E-state index < -0.39 is 0 Å². The Hall–Kier alpha value is -3.13. The maximum Gasteiger partial charge on any atom is 0.273 e. The zero-order valence-corrected chi connectivity index (χ0v) is 15.8. The van der Waals surface area contributed by atoms with E-state index in [4.69, 9.17) is 0 Å². The molecule has 136 valence electrons. The van der Waals surface area contributed by atoms with E-state index in [1.165, 1.54) is 29.7 Å². The monoisotopic (exact) mass is 381 g/mol. The highest BCUT2D eigenvalue weighted by Gasteiger charge is 2.16. The van der Waals surface area contributed by atoms with Crippen LogP contribution in [-0.4, -0.2) is 25.5 Å². The lowest BCUT2D eigenvalue weighted by Crippen LogP contribution is -2.23. The van der Waals surface area contributed by atoms with Crippen LogP contribution in [0.3, 0.4) is 0 Å². The fraction of sp³-hybridized carbons (Fsp3) is 0.158. The molecule has 0 fully saturated rings. The molecule has 1 N–H and O–H groups in total. The summed E-state index contributed by atoms with van der Waals surface area (Å²) in [6, 6.07) is 4.45. The van der Waals surface area contributed by atoms with E-state index in [-0.39, 0.29) is 11.7 Å². The molecule has 0 unspecified atom stereocenters. The van der Waals surface area contributed by atoms with Gasteiger partial charge in [0.2, 0.25) is 0 Å². The number of rotatable bonds is 3. The van der Waals surface area contributed by atoms with Gasteiger partial charge in [-0.1, -0.05) is 0 Å². The molecule has 3 aromatic heterocycles. The minimum absolute atomic E-state index is 0.313. The molecular weight excluding hydrogens is 365 g/mol. The number of carbonyl (C=O) groups is 1. The van der Waals surface area contributed by atoms with Crippen LogP contribution in [0.2, 0.25) is 0 Å². The van der Waals surface area contributed by atoms with Crippen LogP contribution in [0.15, 0.2) is 36.0 Å². The summed E-state index contributed by atoms with van der Waals surface area (Å²) >= 11 is 1.46. The number of nitrogens with one attached hydrogen (secondary N) is 1. The molecule has 6 nitrogen and oxygen atoms in total. The Morgan fingerprint density at radius 2 is 2.04 bits per heavy atom. The van der Waals surface area contributed by atoms with Gasteiger partial charge in [0.25, 0.3) is 5.91 Å². The first-order valence-electron chi connectivity index (χ1n) is 8.27. The van der Waals surface area contributed by atoms with Crippen LogP contribution >= 0.6 is 11.3 Å². The van der Waals surface area contributed by atoms with Crippen LogP contribution in [0.5, 0.6) is 0 Å². The van der Waals surface area contributed by atoms with E-state index in [9.17, 15) is 9.18 Å². The molecule has 1 amide bonds. The number of halogens is 1. The molecule has 0 aliphatic heterocycles. The number of benzene rings is 1. The molecule has 0 aliphatic rings. The standard InChI is InChI=1S/C19H16FN5OS/c1-10-8-25(16-5-4-13(20)6-14(10)16)24-18(26)15-7-21-17(23-12(15)3)19-22-11(2)9-27-19/h4-9H,1-3H3,(H,24,26). The fourth-order valence-corrected chi connectivity index (χ4v) is 3.61. The van der Waals surface area contributed by atoms with Gasteiger partial charge in [0, 0.05) is 28.9 Å². The van der Waals surface area contributed by atoms with Gasteiger partial charge in [0.05, 0.1) is 16.8 Å². The molecule has 0 atom stereocenters. The minimum Gasteiger partial charge on any atom is -0.267 e. The lowest BCUT2D eigenvalue weighted by Gasteiger charge is -2.10. The Morgan fingerprint density at radius 1 is 1.22 bits per heavy atom. The van der Waals surface area contributed by atoms with Crippen molar-refractivity contribution < 1.29 is 9.18 Å². The van der Waals surface area contributed by atoms with Crippen molar-refractivity contribution in [2.75, 3.05) is 5.43 Å². The van der Waals surface area contributed by atoms with Crippen LogP contribution < -0.4 is 5.43 Å². The Morgan fingerprint density at radius 3 is 2.74 bits per heavy atom. The number of aryl methyl sites for hydroxylation is 3. The number of fused-ring (bicyclic) bond motifs is 1. The van der Waals surface area contributed by atoms with E-state index in [1.54, 1.807) is 23.9 Å². The normalized spacial score (nSPS) is 11.1. The molecule has 3 heterocycles. The highest BCUT2D eigenvalue weighted by Crippen LogP contribution is 2.22. The lowest BCUT2D eigenvalue weighted by molar-refractivity contribution is 0.101. The predicted molar refractivity (Wildman–Crippen MR) is 103 cm³/mol. The van der Waals surface area contributed by atoms with Gasteiger partial charge in [-0.05, 0) is 44.5 Å². The molecule has 4 rings (SSSR count). The Balaban J connectivity index is 1.64. The first kappa shape index (κ1) is 17.3. The van der Waals surface area contributed by atoms with Gasteiger partial charge in [-0.3, -0.25) is 14.9 Å². The Bertz CT molecular complexity index is 1180. The van der Waals surface area contributed by atoms with Gasteiger partial charge in [-0.25, -0.2) is 19.3 Å². The summed E-state index contributed by atoms with van der Waals surface area (Å²) in [6.07, 6.45) is 3.26. The number of carbonyl (C=O) groups excluding carboxylic acids is 1. The number of aromatic nitrogens is 4. The van der Waals surface area contributed by atoms with Gasteiger partial charge in [0.1, 0.15) is 5.82 Å². The maximum absolute atomic E-state index is 13.5. The van der Waals surface area contributed by atoms with E-state index >= 15 is 0 Å². The van der Waals surface area contributed by atoms with Crippen molar-refractivity contribution >= 4 is 28.1 Å². The smallest absolute Gasteiger partial charge is 0.267 e. The first-order valence-corrected chi connectivity index (χ1v) is 9.15. The van der Waals surface area contributed by atoms with E-state index in [0.717, 1.165) is 27.2 Å². The zero-order chi connectivity index (χ0) is 19.1. The van der Waals surface area contributed by atoms with Crippen LogP contribution in [0.1, 0.15) is 27.3 Å². The average molecular weight is 381 g/mol. The topological polar surface area (TPSA) is 72.7 Å². The Kier molecular flexibility index (Phi) is 4.19. The highest BCUT2D eigenvalue weighted by molar-refractivity contribution is 7.13. The summed E-state index contributed by atoms with van der Waals surface area (Å²) < 4.78 is 15.1. The minimum atomic E-state index is -0.337. The van der Waals surface area contributed by atoms with Crippen LogP contribution in [0, 0.1) is 26.6 Å². The molecule has 1 aromatic carbocycles. The van der Waals surface area contributed by atoms with Crippen LogP contribution in [-0.2, 0) is 0 Å². The third-order valence-electron chi connectivity index (χ3n) is 4.22. The zero-order valence-electron chi connectivity index (χ0n) is 14.9. The molecule has 27 heavy (non-hydrogen) atoms. The number of nitrogens with zero attached hydrogens (tertiary/aromatic N) is 4. The first-order chi connectivity index (χ1) is 12.9. The molecule has 0 saturated carbocycles. The maximum atomic E-state index is 13.5. The Labute approximate surface area is 158 Å². The molecule has 0 saturated heterocycles. The lowest BCUT2D eigenvalue weighted by atomic mass is 10.2. The third-order valence-corrected chi connectivity index (χ3v) is 5.18. The highest BCUT2D eigenvalue weighted by atomic mass is 32.1. The summed E-state index contributed by atoms with van der Waals surface area (Å²) in [4.78, 5) is 25.8. The number of thiazole rings is 1. The SMILES string of the molecule is Cc1csc(-c2ncc(C(=O)Nn3cc(C)c4cc(F)ccc43)c(C)n2)n1. The summed E-state index contributed by atoms with van der Waals surface area (Å²) in [5, 5.41) is 3.39. The van der Waals surface area contributed by atoms with Crippen molar-refractivity contribution in [3.8, 4) is 10.8 Å². The largest absolute Gasteiger partial charge is 0.273 e. The molecule has 4 aromatic rings. The second-order valence-corrected chi connectivity index (χ2v) is 7.13. The van der Waals surface area contributed by atoms with E-state index in [0.29, 0.717) is 17.1 Å². The molecule has 8 heteroatoms. The van der Waals surface area contributed by atoms with Gasteiger partial charge < -0.3 is 0 Å². The molecule has 0 bridgehead atoms. The summed E-state index contributed by atoms with van der Waals surface area (Å²) in [5.41, 5.74) is 6.23. The van der Waals surface area contributed by atoms with Gasteiger partial charge in [-0.15, -0.1) is 11.3 Å². The predicted octanol–water partition coefficient (Wildman–Crippen LogP) is 4.00. The third kappa shape index (κ3) is 3.19. The fourth-order valence-electron chi connectivity index (χ4n) is 2.88. The summed E-state index contributed by atoms with van der Waals surface area (Å²) in [6.45, 7) is 5.53. The van der Waals surface area contributed by atoms with Crippen molar-refractivity contribution in [2.24, 2.45) is 0 Å². The van der Waals surface area contributed by atoms with Crippen LogP contribution in [0.4, 0.5) is 4.39 Å². The van der Waals surface area contributed by atoms with Gasteiger partial charge in [-0.2, -0.15) is 0 Å². The quantitative estimate of drug-likeness (QED) is 0.582. The number of amides is 1. The molecular formula is C19H16FN5OS. The van der Waals surface area contributed by atoms with Crippen LogP contribution in [0.25, 0.3) is 21.7 Å². The average Bonchev–Trinajstić information content (AvgIpc) is 3.19. The van der Waals surface area contributed by atoms with Gasteiger partial charge >= 0.3 is 0 Å². The molecule has 0 spiro atoms. The van der Waals surface area contributed by atoms with E-state index in [2.05, 4.69) is 20.4 Å². The van der Waals surface area contributed by atoms with Crippen molar-refractivity contribution in [3.63, 3.8) is 0 Å². The van der Waals surface area contributed by atoms with Crippen molar-refractivity contribution in [3.05, 3.63) is 64.3 Å². The molecule has 0 radical (unpaired) electrons. The summed E-state index contributed by atoms with van der Waals surface area (Å²) in [5.74, 6) is -0.151. The summed E-state index contributed by atoms with van der Waals surface area (Å²) in [7, 11) is 0. The van der Waals surface area contributed by atoms with E-state index in [1.807, 2.05) is 19.2 Å². The van der Waals surface area contributed by atoms with Gasteiger partial charge in [0.15, 0.2) is 10.8 Å².